The van der Waals surface area contributed by atoms with Crippen LogP contribution in [0.25, 0.3) is 0 Å². The standard InChI is InChI=1S/C14H20N2O2/c1-14(2)10-15-7-8-16(13(14)18)9-11-3-5-12(17)6-4-11/h3-6,15,17H,7-10H2,1-2H3. The maximum absolute atomic E-state index is 12.4. The van der Waals surface area contributed by atoms with E-state index >= 15 is 0 Å². The highest BCUT2D eigenvalue weighted by atomic mass is 16.3. The van der Waals surface area contributed by atoms with Gasteiger partial charge in [0, 0.05) is 26.2 Å². The summed E-state index contributed by atoms with van der Waals surface area (Å²) < 4.78 is 0. The minimum atomic E-state index is -0.354. The molecular weight excluding hydrogens is 228 g/mol. The summed E-state index contributed by atoms with van der Waals surface area (Å²) in [4.78, 5) is 14.3. The monoisotopic (exact) mass is 248 g/mol. The Balaban J connectivity index is 2.12. The van der Waals surface area contributed by atoms with Crippen molar-refractivity contribution >= 4 is 5.91 Å². The van der Waals surface area contributed by atoms with Crippen LogP contribution in [0.4, 0.5) is 0 Å². The van der Waals surface area contributed by atoms with Gasteiger partial charge in [-0.05, 0) is 31.5 Å². The molecule has 4 heteroatoms. The fraction of sp³-hybridized carbons (Fsp3) is 0.500. The first-order chi connectivity index (χ1) is 8.49. The number of phenolic OH excluding ortho intramolecular Hbond substituents is 1. The molecule has 0 saturated carbocycles. The quantitative estimate of drug-likeness (QED) is 0.830. The molecule has 1 saturated heterocycles. The molecular formula is C14H20N2O2. The van der Waals surface area contributed by atoms with Gasteiger partial charge in [0.1, 0.15) is 5.75 Å². The van der Waals surface area contributed by atoms with E-state index in [9.17, 15) is 9.90 Å². The number of hydrogen-bond acceptors (Lipinski definition) is 3. The van der Waals surface area contributed by atoms with Crippen LogP contribution in [0.3, 0.4) is 0 Å². The first-order valence-corrected chi connectivity index (χ1v) is 6.27. The van der Waals surface area contributed by atoms with Crippen molar-refractivity contribution in [3.8, 4) is 5.75 Å². The van der Waals surface area contributed by atoms with Gasteiger partial charge < -0.3 is 15.3 Å². The number of nitrogens with one attached hydrogen (secondary N) is 1. The van der Waals surface area contributed by atoms with E-state index in [1.54, 1.807) is 12.1 Å². The Hall–Kier alpha value is -1.55. The number of nitrogens with zero attached hydrogens (tertiary/aromatic N) is 1. The van der Waals surface area contributed by atoms with E-state index in [0.717, 1.165) is 25.2 Å². The number of hydrogen-bond donors (Lipinski definition) is 2. The van der Waals surface area contributed by atoms with E-state index in [2.05, 4.69) is 5.32 Å². The molecule has 1 aliphatic heterocycles. The van der Waals surface area contributed by atoms with E-state index in [1.807, 2.05) is 30.9 Å². The topological polar surface area (TPSA) is 52.6 Å². The number of aromatic hydroxyl groups is 1. The zero-order valence-corrected chi connectivity index (χ0v) is 10.9. The molecule has 2 N–H and O–H groups in total. The average molecular weight is 248 g/mol. The molecule has 0 spiro atoms. The van der Waals surface area contributed by atoms with Crippen LogP contribution in [-0.2, 0) is 11.3 Å². The highest BCUT2D eigenvalue weighted by Crippen LogP contribution is 2.21. The molecule has 18 heavy (non-hydrogen) atoms. The van der Waals surface area contributed by atoms with Crippen molar-refractivity contribution in [1.29, 1.82) is 0 Å². The van der Waals surface area contributed by atoms with Gasteiger partial charge in [-0.3, -0.25) is 4.79 Å². The molecule has 0 aliphatic carbocycles. The molecule has 1 fully saturated rings. The molecule has 0 radical (unpaired) electrons. The summed E-state index contributed by atoms with van der Waals surface area (Å²) in [7, 11) is 0. The molecule has 1 heterocycles. The summed E-state index contributed by atoms with van der Waals surface area (Å²) in [6.45, 7) is 6.81. The lowest BCUT2D eigenvalue weighted by atomic mass is 9.92. The molecule has 1 aromatic carbocycles. The Morgan fingerprint density at radius 1 is 1.33 bits per heavy atom. The Kier molecular flexibility index (Phi) is 3.57. The molecule has 0 unspecified atom stereocenters. The Morgan fingerprint density at radius 3 is 2.67 bits per heavy atom. The second kappa shape index (κ2) is 4.98. The lowest BCUT2D eigenvalue weighted by Crippen LogP contribution is -2.41. The second-order valence-electron chi connectivity index (χ2n) is 5.45. The van der Waals surface area contributed by atoms with Crippen LogP contribution in [0.1, 0.15) is 19.4 Å². The third kappa shape index (κ3) is 2.82. The fourth-order valence-electron chi connectivity index (χ4n) is 2.19. The summed E-state index contributed by atoms with van der Waals surface area (Å²) in [6.07, 6.45) is 0. The van der Waals surface area contributed by atoms with Crippen LogP contribution in [-0.4, -0.2) is 35.5 Å². The number of phenols is 1. The number of rotatable bonds is 2. The van der Waals surface area contributed by atoms with Crippen LogP contribution >= 0.6 is 0 Å². The number of amides is 1. The largest absolute Gasteiger partial charge is 0.508 e. The molecule has 4 nitrogen and oxygen atoms in total. The second-order valence-corrected chi connectivity index (χ2v) is 5.45. The van der Waals surface area contributed by atoms with Crippen molar-refractivity contribution in [2.75, 3.05) is 19.6 Å². The summed E-state index contributed by atoms with van der Waals surface area (Å²) in [5.74, 6) is 0.434. The van der Waals surface area contributed by atoms with E-state index in [0.29, 0.717) is 6.54 Å². The SMILES string of the molecule is CC1(C)CNCCN(Cc2ccc(O)cc2)C1=O. The highest BCUT2D eigenvalue weighted by molar-refractivity contribution is 5.82. The summed E-state index contributed by atoms with van der Waals surface area (Å²) in [5.41, 5.74) is 0.687. The highest BCUT2D eigenvalue weighted by Gasteiger charge is 2.33. The smallest absolute Gasteiger partial charge is 0.229 e. The average Bonchev–Trinajstić information content (AvgIpc) is 2.45. The molecule has 1 aliphatic rings. The Morgan fingerprint density at radius 2 is 2.00 bits per heavy atom. The molecule has 0 aromatic heterocycles. The van der Waals surface area contributed by atoms with Gasteiger partial charge >= 0.3 is 0 Å². The van der Waals surface area contributed by atoms with Gasteiger partial charge in [0.25, 0.3) is 0 Å². The van der Waals surface area contributed by atoms with Crippen LogP contribution < -0.4 is 5.32 Å². The van der Waals surface area contributed by atoms with Crippen LogP contribution in [0.2, 0.25) is 0 Å². The molecule has 0 bridgehead atoms. The van der Waals surface area contributed by atoms with Crippen molar-refractivity contribution < 1.29 is 9.90 Å². The van der Waals surface area contributed by atoms with Crippen molar-refractivity contribution in [2.45, 2.75) is 20.4 Å². The van der Waals surface area contributed by atoms with Crippen LogP contribution in [0.15, 0.2) is 24.3 Å². The fourth-order valence-corrected chi connectivity index (χ4v) is 2.19. The molecule has 2 rings (SSSR count). The van der Waals surface area contributed by atoms with Crippen LogP contribution in [0, 0.1) is 5.41 Å². The summed E-state index contributed by atoms with van der Waals surface area (Å²) >= 11 is 0. The minimum absolute atomic E-state index is 0.181. The van der Waals surface area contributed by atoms with Gasteiger partial charge in [0.2, 0.25) is 5.91 Å². The first kappa shape index (κ1) is 12.9. The van der Waals surface area contributed by atoms with E-state index < -0.39 is 0 Å². The van der Waals surface area contributed by atoms with Gasteiger partial charge in [-0.15, -0.1) is 0 Å². The van der Waals surface area contributed by atoms with Crippen molar-refractivity contribution in [2.24, 2.45) is 5.41 Å². The number of carbonyl (C=O) groups is 1. The van der Waals surface area contributed by atoms with Gasteiger partial charge in [-0.2, -0.15) is 0 Å². The maximum atomic E-state index is 12.4. The Bertz CT molecular complexity index is 426. The number of carbonyl (C=O) groups excluding carboxylic acids is 1. The number of benzene rings is 1. The molecule has 1 amide bonds. The van der Waals surface area contributed by atoms with Crippen molar-refractivity contribution in [3.05, 3.63) is 29.8 Å². The molecule has 98 valence electrons. The summed E-state index contributed by atoms with van der Waals surface area (Å²) in [6, 6.07) is 7.02. The maximum Gasteiger partial charge on any atom is 0.229 e. The first-order valence-electron chi connectivity index (χ1n) is 6.27. The Labute approximate surface area is 108 Å². The minimum Gasteiger partial charge on any atom is -0.508 e. The third-order valence-electron chi connectivity index (χ3n) is 3.30. The van der Waals surface area contributed by atoms with Crippen molar-refractivity contribution in [3.63, 3.8) is 0 Å². The lowest BCUT2D eigenvalue weighted by Gasteiger charge is -2.28. The van der Waals surface area contributed by atoms with E-state index in [1.165, 1.54) is 0 Å². The molecule has 0 atom stereocenters. The van der Waals surface area contributed by atoms with Crippen LogP contribution in [0.5, 0.6) is 5.75 Å². The van der Waals surface area contributed by atoms with E-state index in [4.69, 9.17) is 0 Å². The normalized spacial score (nSPS) is 19.7. The lowest BCUT2D eigenvalue weighted by molar-refractivity contribution is -0.139. The van der Waals surface area contributed by atoms with Gasteiger partial charge in [-0.25, -0.2) is 0 Å². The predicted molar refractivity (Wildman–Crippen MR) is 70.2 cm³/mol. The van der Waals surface area contributed by atoms with Crippen molar-refractivity contribution in [1.82, 2.24) is 10.2 Å². The zero-order chi connectivity index (χ0) is 13.2. The third-order valence-corrected chi connectivity index (χ3v) is 3.30. The molecule has 1 aromatic rings. The summed E-state index contributed by atoms with van der Waals surface area (Å²) in [5, 5.41) is 12.5. The van der Waals surface area contributed by atoms with E-state index in [-0.39, 0.29) is 17.1 Å². The van der Waals surface area contributed by atoms with Gasteiger partial charge in [-0.1, -0.05) is 12.1 Å². The van der Waals surface area contributed by atoms with Gasteiger partial charge in [0.05, 0.1) is 5.41 Å². The van der Waals surface area contributed by atoms with Gasteiger partial charge in [0.15, 0.2) is 0 Å². The predicted octanol–water partition coefficient (Wildman–Crippen LogP) is 1.35. The zero-order valence-electron chi connectivity index (χ0n) is 10.9.